The van der Waals surface area contributed by atoms with Crippen LogP contribution in [-0.4, -0.2) is 45.0 Å². The first-order valence-corrected chi connectivity index (χ1v) is 10.7. The second kappa shape index (κ2) is 7.87. The van der Waals surface area contributed by atoms with Gasteiger partial charge in [-0.05, 0) is 31.5 Å². The van der Waals surface area contributed by atoms with Gasteiger partial charge in [0.25, 0.3) is 10.0 Å². The van der Waals surface area contributed by atoms with Crippen molar-refractivity contribution in [2.45, 2.75) is 30.2 Å². The van der Waals surface area contributed by atoms with Crippen molar-refractivity contribution < 1.29 is 17.9 Å². The Labute approximate surface area is 157 Å². The highest BCUT2D eigenvalue weighted by atomic mass is 32.2. The topological polar surface area (TPSA) is 75.7 Å². The average molecular weight is 395 g/mol. The summed E-state index contributed by atoms with van der Waals surface area (Å²) in [6.45, 7) is 4.71. The van der Waals surface area contributed by atoms with Gasteiger partial charge in [-0.1, -0.05) is 30.3 Å². The van der Waals surface area contributed by atoms with E-state index in [2.05, 4.69) is 4.72 Å². The van der Waals surface area contributed by atoms with Crippen molar-refractivity contribution >= 4 is 27.3 Å². The minimum atomic E-state index is -3.70. The van der Waals surface area contributed by atoms with Crippen LogP contribution in [0.5, 0.6) is 0 Å². The van der Waals surface area contributed by atoms with Crippen molar-refractivity contribution in [2.24, 2.45) is 0 Å². The smallest absolute Gasteiger partial charge is 0.250 e. The summed E-state index contributed by atoms with van der Waals surface area (Å²) < 4.78 is 33.3. The molecule has 1 unspecified atom stereocenters. The molecule has 0 spiro atoms. The largest absolute Gasteiger partial charge is 0.370 e. The van der Waals surface area contributed by atoms with Crippen LogP contribution in [0, 0.1) is 6.92 Å². The summed E-state index contributed by atoms with van der Waals surface area (Å²) in [5.41, 5.74) is 1.01. The molecule has 0 aliphatic carbocycles. The summed E-state index contributed by atoms with van der Waals surface area (Å²) in [6.07, 6.45) is -0.197. The monoisotopic (exact) mass is 394 g/mol. The van der Waals surface area contributed by atoms with E-state index in [1.807, 2.05) is 37.3 Å². The van der Waals surface area contributed by atoms with Crippen LogP contribution in [0.25, 0.3) is 0 Å². The number of rotatable bonds is 5. The van der Waals surface area contributed by atoms with E-state index in [1.165, 1.54) is 11.3 Å². The van der Waals surface area contributed by atoms with Gasteiger partial charge in [0.2, 0.25) is 5.91 Å². The molecule has 1 aromatic carbocycles. The maximum absolute atomic E-state index is 12.7. The van der Waals surface area contributed by atoms with Crippen molar-refractivity contribution in [3.05, 3.63) is 52.9 Å². The molecule has 0 bridgehead atoms. The summed E-state index contributed by atoms with van der Waals surface area (Å²) in [6, 6.07) is 12.2. The van der Waals surface area contributed by atoms with E-state index < -0.39 is 16.1 Å². The molecule has 8 heteroatoms. The van der Waals surface area contributed by atoms with E-state index in [9.17, 15) is 13.2 Å². The van der Waals surface area contributed by atoms with Crippen LogP contribution in [0.2, 0.25) is 0 Å². The first kappa shape index (κ1) is 19.0. The van der Waals surface area contributed by atoms with Crippen LogP contribution >= 0.6 is 11.3 Å². The van der Waals surface area contributed by atoms with Gasteiger partial charge in [-0.3, -0.25) is 4.79 Å². The summed E-state index contributed by atoms with van der Waals surface area (Å²) in [7, 11) is -3.70. The van der Waals surface area contributed by atoms with Gasteiger partial charge in [-0.2, -0.15) is 4.72 Å². The van der Waals surface area contributed by atoms with Crippen molar-refractivity contribution in [2.75, 3.05) is 19.7 Å². The fraction of sp³-hybridized carbons (Fsp3) is 0.389. The van der Waals surface area contributed by atoms with Crippen LogP contribution in [0.4, 0.5) is 0 Å². The number of hydrogen-bond donors (Lipinski definition) is 1. The Bertz CT molecular complexity index is 864. The summed E-state index contributed by atoms with van der Waals surface area (Å²) >= 11 is 1.19. The molecule has 140 valence electrons. The Balaban J connectivity index is 1.66. The standard InChI is InChI=1S/C18H22N2O4S2/c1-13-8-9-17(25-13)26(22,23)19-14(2)18(21)20-10-11-24-16(12-20)15-6-4-3-5-7-15/h3-9,14,16,19H,10-12H2,1-2H3/t14-,16?/m0/s1. The average Bonchev–Trinajstić information content (AvgIpc) is 3.09. The molecule has 26 heavy (non-hydrogen) atoms. The van der Waals surface area contributed by atoms with Gasteiger partial charge in [0.15, 0.2) is 0 Å². The lowest BCUT2D eigenvalue weighted by Gasteiger charge is -2.34. The highest BCUT2D eigenvalue weighted by molar-refractivity contribution is 7.91. The molecular formula is C18H22N2O4S2. The van der Waals surface area contributed by atoms with Crippen LogP contribution in [0.1, 0.15) is 23.5 Å². The maximum Gasteiger partial charge on any atom is 0.250 e. The van der Waals surface area contributed by atoms with Gasteiger partial charge in [-0.15, -0.1) is 11.3 Å². The molecule has 1 saturated heterocycles. The number of carbonyl (C=O) groups excluding carboxylic acids is 1. The van der Waals surface area contributed by atoms with Crippen LogP contribution < -0.4 is 4.72 Å². The number of benzene rings is 1. The van der Waals surface area contributed by atoms with E-state index in [4.69, 9.17) is 4.74 Å². The molecule has 1 aliphatic heterocycles. The zero-order valence-electron chi connectivity index (χ0n) is 14.7. The number of morpholine rings is 1. The number of hydrogen-bond acceptors (Lipinski definition) is 5. The van der Waals surface area contributed by atoms with E-state index in [-0.39, 0.29) is 16.2 Å². The predicted molar refractivity (Wildman–Crippen MR) is 101 cm³/mol. The zero-order chi connectivity index (χ0) is 18.7. The lowest BCUT2D eigenvalue weighted by Crippen LogP contribution is -2.50. The van der Waals surface area contributed by atoms with Gasteiger partial charge < -0.3 is 9.64 Å². The minimum absolute atomic E-state index is 0.197. The molecule has 1 aliphatic rings. The fourth-order valence-corrected chi connectivity index (χ4v) is 5.39. The second-order valence-electron chi connectivity index (χ2n) is 6.26. The molecule has 2 atom stereocenters. The van der Waals surface area contributed by atoms with Crippen molar-refractivity contribution in [3.8, 4) is 0 Å². The molecule has 0 saturated carbocycles. The molecule has 2 heterocycles. The summed E-state index contributed by atoms with van der Waals surface area (Å²) in [5.74, 6) is -0.244. The lowest BCUT2D eigenvalue weighted by molar-refractivity contribution is -0.140. The van der Waals surface area contributed by atoms with Gasteiger partial charge >= 0.3 is 0 Å². The van der Waals surface area contributed by atoms with Crippen molar-refractivity contribution in [1.82, 2.24) is 9.62 Å². The number of carbonyl (C=O) groups is 1. The van der Waals surface area contributed by atoms with Gasteiger partial charge in [-0.25, -0.2) is 8.42 Å². The van der Waals surface area contributed by atoms with Crippen LogP contribution in [-0.2, 0) is 19.6 Å². The van der Waals surface area contributed by atoms with Gasteiger partial charge in [0.1, 0.15) is 10.3 Å². The third-order valence-corrected chi connectivity index (χ3v) is 7.27. The Kier molecular flexibility index (Phi) is 5.76. The Hall–Kier alpha value is -1.74. The SMILES string of the molecule is Cc1ccc(S(=O)(=O)N[C@@H](C)C(=O)N2CCOC(c3ccccc3)C2)s1. The lowest BCUT2D eigenvalue weighted by atomic mass is 10.1. The molecule has 1 fully saturated rings. The molecule has 1 N–H and O–H groups in total. The molecule has 1 aromatic heterocycles. The number of thiophene rings is 1. The van der Waals surface area contributed by atoms with Crippen LogP contribution in [0.3, 0.4) is 0 Å². The van der Waals surface area contributed by atoms with Gasteiger partial charge in [0, 0.05) is 11.4 Å². The predicted octanol–water partition coefficient (Wildman–Crippen LogP) is 2.32. The molecule has 1 amide bonds. The number of nitrogens with zero attached hydrogens (tertiary/aromatic N) is 1. The van der Waals surface area contributed by atoms with Crippen LogP contribution in [0.15, 0.2) is 46.7 Å². The molecule has 2 aromatic rings. The number of sulfonamides is 1. The Morgan fingerprint density at radius 1 is 1.27 bits per heavy atom. The first-order chi connectivity index (χ1) is 12.4. The Morgan fingerprint density at radius 3 is 2.65 bits per heavy atom. The number of amides is 1. The minimum Gasteiger partial charge on any atom is -0.370 e. The maximum atomic E-state index is 12.7. The highest BCUT2D eigenvalue weighted by Gasteiger charge is 2.30. The first-order valence-electron chi connectivity index (χ1n) is 8.41. The fourth-order valence-electron chi connectivity index (χ4n) is 2.89. The highest BCUT2D eigenvalue weighted by Crippen LogP contribution is 2.23. The third-order valence-electron chi connectivity index (χ3n) is 4.23. The van der Waals surface area contributed by atoms with Crippen molar-refractivity contribution in [1.29, 1.82) is 0 Å². The quantitative estimate of drug-likeness (QED) is 0.844. The number of aryl methyl sites for hydroxylation is 1. The molecular weight excluding hydrogens is 372 g/mol. The third kappa shape index (κ3) is 4.32. The molecule has 3 rings (SSSR count). The summed E-state index contributed by atoms with van der Waals surface area (Å²) in [4.78, 5) is 15.3. The van der Waals surface area contributed by atoms with E-state index in [0.29, 0.717) is 19.7 Å². The van der Waals surface area contributed by atoms with Gasteiger partial charge in [0.05, 0.1) is 19.2 Å². The number of nitrogens with one attached hydrogen (secondary N) is 1. The molecule has 0 radical (unpaired) electrons. The molecule has 6 nitrogen and oxygen atoms in total. The second-order valence-corrected chi connectivity index (χ2v) is 9.49. The Morgan fingerprint density at radius 2 is 2.00 bits per heavy atom. The normalized spacial score (nSPS) is 19.3. The van der Waals surface area contributed by atoms with E-state index >= 15 is 0 Å². The zero-order valence-corrected chi connectivity index (χ0v) is 16.3. The van der Waals surface area contributed by atoms with Crippen molar-refractivity contribution in [3.63, 3.8) is 0 Å². The van der Waals surface area contributed by atoms with E-state index in [1.54, 1.807) is 24.0 Å². The summed E-state index contributed by atoms with van der Waals surface area (Å²) in [5, 5.41) is 0. The van der Waals surface area contributed by atoms with E-state index in [0.717, 1.165) is 10.4 Å². The number of ether oxygens (including phenoxy) is 1.